The summed E-state index contributed by atoms with van der Waals surface area (Å²) >= 11 is 0. The molecular formula is C12H23N3O. The molecule has 2 aliphatic rings. The van der Waals surface area contributed by atoms with Gasteiger partial charge in [0.1, 0.15) is 0 Å². The molecule has 1 heterocycles. The first kappa shape index (κ1) is 11.7. The van der Waals surface area contributed by atoms with E-state index in [2.05, 4.69) is 12.2 Å². The first-order valence-electron chi connectivity index (χ1n) is 6.53. The first-order valence-corrected chi connectivity index (χ1v) is 6.53. The SMILES string of the molecule is CCCC1CN(C2CCC(N)CC2)C(=O)N1. The molecular weight excluding hydrogens is 202 g/mol. The summed E-state index contributed by atoms with van der Waals surface area (Å²) in [6, 6.07) is 1.29. The van der Waals surface area contributed by atoms with E-state index in [0.29, 0.717) is 18.1 Å². The van der Waals surface area contributed by atoms with Crippen LogP contribution in [0.15, 0.2) is 0 Å². The molecule has 0 aromatic rings. The quantitative estimate of drug-likeness (QED) is 0.763. The van der Waals surface area contributed by atoms with Crippen LogP contribution < -0.4 is 11.1 Å². The number of nitrogens with zero attached hydrogens (tertiary/aromatic N) is 1. The highest BCUT2D eigenvalue weighted by Gasteiger charge is 2.34. The van der Waals surface area contributed by atoms with Gasteiger partial charge in [0.15, 0.2) is 0 Å². The molecule has 0 aromatic carbocycles. The van der Waals surface area contributed by atoms with E-state index in [1.165, 1.54) is 0 Å². The Balaban J connectivity index is 1.87. The third-order valence-corrected chi connectivity index (χ3v) is 3.82. The minimum Gasteiger partial charge on any atom is -0.333 e. The van der Waals surface area contributed by atoms with Gasteiger partial charge < -0.3 is 16.0 Å². The molecule has 1 aliphatic carbocycles. The van der Waals surface area contributed by atoms with E-state index in [1.807, 2.05) is 4.90 Å². The number of carbonyl (C=O) groups is 1. The standard InChI is InChI=1S/C12H23N3O/c1-2-3-10-8-15(12(16)14-10)11-6-4-9(13)5-7-11/h9-11H,2-8,13H2,1H3,(H,14,16). The summed E-state index contributed by atoms with van der Waals surface area (Å²) in [6.45, 7) is 3.06. The summed E-state index contributed by atoms with van der Waals surface area (Å²) in [7, 11) is 0. The Morgan fingerprint density at radius 1 is 1.38 bits per heavy atom. The van der Waals surface area contributed by atoms with Crippen molar-refractivity contribution in [3.63, 3.8) is 0 Å². The molecule has 1 saturated heterocycles. The van der Waals surface area contributed by atoms with Gasteiger partial charge in [0.05, 0.1) is 0 Å². The van der Waals surface area contributed by atoms with Crippen LogP contribution in [0.4, 0.5) is 4.79 Å². The molecule has 0 spiro atoms. The Morgan fingerprint density at radius 2 is 2.06 bits per heavy atom. The van der Waals surface area contributed by atoms with Gasteiger partial charge in [-0.25, -0.2) is 4.79 Å². The zero-order valence-electron chi connectivity index (χ0n) is 10.1. The Labute approximate surface area is 97.6 Å². The van der Waals surface area contributed by atoms with E-state index < -0.39 is 0 Å². The lowest BCUT2D eigenvalue weighted by Crippen LogP contribution is -2.42. The van der Waals surface area contributed by atoms with E-state index >= 15 is 0 Å². The number of hydrogen-bond acceptors (Lipinski definition) is 2. The van der Waals surface area contributed by atoms with Crippen molar-refractivity contribution in [3.8, 4) is 0 Å². The second-order valence-electron chi connectivity index (χ2n) is 5.16. The third-order valence-electron chi connectivity index (χ3n) is 3.82. The fraction of sp³-hybridized carbons (Fsp3) is 0.917. The molecule has 0 bridgehead atoms. The van der Waals surface area contributed by atoms with Gasteiger partial charge in [-0.3, -0.25) is 0 Å². The Kier molecular flexibility index (Phi) is 3.69. The highest BCUT2D eigenvalue weighted by atomic mass is 16.2. The largest absolute Gasteiger partial charge is 0.333 e. The van der Waals surface area contributed by atoms with E-state index in [9.17, 15) is 4.79 Å². The molecule has 92 valence electrons. The van der Waals surface area contributed by atoms with E-state index in [4.69, 9.17) is 5.73 Å². The first-order chi connectivity index (χ1) is 7.70. The molecule has 4 heteroatoms. The van der Waals surface area contributed by atoms with Crippen molar-refractivity contribution >= 4 is 6.03 Å². The van der Waals surface area contributed by atoms with Crippen LogP contribution in [0.1, 0.15) is 45.4 Å². The van der Waals surface area contributed by atoms with Crippen LogP contribution in [0.3, 0.4) is 0 Å². The minimum atomic E-state index is 0.138. The lowest BCUT2D eigenvalue weighted by Gasteiger charge is -2.32. The number of nitrogens with two attached hydrogens (primary N) is 1. The molecule has 4 nitrogen and oxygen atoms in total. The minimum absolute atomic E-state index is 0.138. The summed E-state index contributed by atoms with van der Waals surface area (Å²) < 4.78 is 0. The molecule has 16 heavy (non-hydrogen) atoms. The maximum atomic E-state index is 11.8. The van der Waals surface area contributed by atoms with Crippen LogP contribution in [-0.4, -0.2) is 35.6 Å². The fourth-order valence-corrected chi connectivity index (χ4v) is 2.86. The van der Waals surface area contributed by atoms with Crippen molar-refractivity contribution in [2.45, 2.75) is 63.6 Å². The maximum Gasteiger partial charge on any atom is 0.317 e. The molecule has 0 aromatic heterocycles. The number of nitrogens with one attached hydrogen (secondary N) is 1. The summed E-state index contributed by atoms with van der Waals surface area (Å²) in [5, 5.41) is 3.07. The number of carbonyl (C=O) groups excluding carboxylic acids is 1. The molecule has 2 rings (SSSR count). The van der Waals surface area contributed by atoms with Gasteiger partial charge >= 0.3 is 6.03 Å². The summed E-state index contributed by atoms with van der Waals surface area (Å²) in [5.74, 6) is 0. The van der Waals surface area contributed by atoms with Gasteiger partial charge in [0.25, 0.3) is 0 Å². The van der Waals surface area contributed by atoms with Crippen LogP contribution in [0.25, 0.3) is 0 Å². The van der Waals surface area contributed by atoms with Crippen LogP contribution in [0.5, 0.6) is 0 Å². The zero-order valence-corrected chi connectivity index (χ0v) is 10.1. The predicted octanol–water partition coefficient (Wildman–Crippen LogP) is 1.45. The fourth-order valence-electron chi connectivity index (χ4n) is 2.86. The number of urea groups is 1. The molecule has 0 radical (unpaired) electrons. The van der Waals surface area contributed by atoms with Crippen molar-refractivity contribution in [1.82, 2.24) is 10.2 Å². The van der Waals surface area contributed by atoms with Crippen molar-refractivity contribution in [2.24, 2.45) is 5.73 Å². The summed E-state index contributed by atoms with van der Waals surface area (Å²) in [6.07, 6.45) is 6.50. The monoisotopic (exact) mass is 225 g/mol. The van der Waals surface area contributed by atoms with Crippen molar-refractivity contribution in [1.29, 1.82) is 0 Å². The summed E-state index contributed by atoms with van der Waals surface area (Å²) in [4.78, 5) is 13.9. The number of hydrogen-bond donors (Lipinski definition) is 2. The van der Waals surface area contributed by atoms with Crippen LogP contribution in [-0.2, 0) is 0 Å². The molecule has 1 saturated carbocycles. The lowest BCUT2D eigenvalue weighted by molar-refractivity contribution is 0.174. The van der Waals surface area contributed by atoms with Gasteiger partial charge in [0, 0.05) is 24.7 Å². The van der Waals surface area contributed by atoms with Crippen LogP contribution in [0, 0.1) is 0 Å². The Morgan fingerprint density at radius 3 is 2.69 bits per heavy atom. The van der Waals surface area contributed by atoms with Gasteiger partial charge in [-0.1, -0.05) is 13.3 Å². The highest BCUT2D eigenvalue weighted by molar-refractivity contribution is 5.77. The normalized spacial score (nSPS) is 35.2. The Bertz CT molecular complexity index is 249. The molecule has 1 aliphatic heterocycles. The topological polar surface area (TPSA) is 58.4 Å². The van der Waals surface area contributed by atoms with E-state index in [1.54, 1.807) is 0 Å². The number of rotatable bonds is 3. The van der Waals surface area contributed by atoms with Gasteiger partial charge in [0.2, 0.25) is 0 Å². The summed E-state index contributed by atoms with van der Waals surface area (Å²) in [5.41, 5.74) is 5.89. The average Bonchev–Trinajstić information content (AvgIpc) is 2.61. The van der Waals surface area contributed by atoms with E-state index in [-0.39, 0.29) is 6.03 Å². The maximum absolute atomic E-state index is 11.8. The number of amides is 2. The Hall–Kier alpha value is -0.770. The molecule has 2 amide bonds. The van der Waals surface area contributed by atoms with Crippen LogP contribution in [0.2, 0.25) is 0 Å². The molecule has 2 fully saturated rings. The lowest BCUT2D eigenvalue weighted by atomic mass is 9.91. The van der Waals surface area contributed by atoms with Gasteiger partial charge in [-0.05, 0) is 32.1 Å². The third kappa shape index (κ3) is 2.48. The van der Waals surface area contributed by atoms with Crippen molar-refractivity contribution < 1.29 is 4.79 Å². The van der Waals surface area contributed by atoms with Crippen molar-refractivity contribution in [3.05, 3.63) is 0 Å². The van der Waals surface area contributed by atoms with Crippen molar-refractivity contribution in [2.75, 3.05) is 6.54 Å². The second-order valence-corrected chi connectivity index (χ2v) is 5.16. The zero-order chi connectivity index (χ0) is 11.5. The smallest absolute Gasteiger partial charge is 0.317 e. The average molecular weight is 225 g/mol. The van der Waals surface area contributed by atoms with Gasteiger partial charge in [-0.2, -0.15) is 0 Å². The molecule has 3 N–H and O–H groups in total. The molecule has 1 atom stereocenters. The predicted molar refractivity (Wildman–Crippen MR) is 64.2 cm³/mol. The van der Waals surface area contributed by atoms with Crippen LogP contribution >= 0.6 is 0 Å². The highest BCUT2D eigenvalue weighted by Crippen LogP contribution is 2.24. The second kappa shape index (κ2) is 5.04. The van der Waals surface area contributed by atoms with Gasteiger partial charge in [-0.15, -0.1) is 0 Å². The van der Waals surface area contributed by atoms with E-state index in [0.717, 1.165) is 45.1 Å². The molecule has 1 unspecified atom stereocenters.